The first kappa shape index (κ1) is 15.3. The fourth-order valence-electron chi connectivity index (χ4n) is 1.20. The van der Waals surface area contributed by atoms with Crippen LogP contribution in [0.2, 0.25) is 0 Å². The van der Waals surface area contributed by atoms with Crippen LogP contribution in [-0.4, -0.2) is 12.3 Å². The Morgan fingerprint density at radius 1 is 1.21 bits per heavy atom. The van der Waals surface area contributed by atoms with Gasteiger partial charge in [0.15, 0.2) is 0 Å². The monoisotopic (exact) mass is 275 g/mol. The lowest BCUT2D eigenvalue weighted by molar-refractivity contribution is -0.274. The molecule has 1 aromatic carbocycles. The number of rotatable bonds is 4. The van der Waals surface area contributed by atoms with E-state index < -0.39 is 11.8 Å². The van der Waals surface area contributed by atoms with E-state index in [9.17, 15) is 18.0 Å². The number of ether oxygens (including phenoxy) is 1. The van der Waals surface area contributed by atoms with Gasteiger partial charge in [-0.2, -0.15) is 0 Å². The van der Waals surface area contributed by atoms with E-state index in [0.29, 0.717) is 12.1 Å². The summed E-state index contributed by atoms with van der Waals surface area (Å²) in [4.78, 5) is 11.9. The van der Waals surface area contributed by atoms with Gasteiger partial charge in [0.2, 0.25) is 5.91 Å². The molecular weight excluding hydrogens is 259 g/mol. The van der Waals surface area contributed by atoms with Crippen molar-refractivity contribution in [2.75, 3.05) is 5.32 Å². The van der Waals surface area contributed by atoms with Gasteiger partial charge in [-0.05, 0) is 30.7 Å². The summed E-state index contributed by atoms with van der Waals surface area (Å²) in [6.45, 7) is 5.48. The minimum absolute atomic E-state index is 0.181. The highest BCUT2D eigenvalue weighted by Crippen LogP contribution is 2.26. The molecule has 0 fully saturated rings. The Bertz CT molecular complexity index is 438. The number of alkyl halides is 3. The van der Waals surface area contributed by atoms with E-state index in [1.54, 1.807) is 13.8 Å². The molecule has 0 aliphatic rings. The molecule has 0 saturated heterocycles. The Hall–Kier alpha value is -1.72. The minimum Gasteiger partial charge on any atom is -0.406 e. The largest absolute Gasteiger partial charge is 0.573 e. The van der Waals surface area contributed by atoms with Crippen molar-refractivity contribution >= 4 is 11.6 Å². The summed E-state index contributed by atoms with van der Waals surface area (Å²) in [5, 5.41) is 2.65. The van der Waals surface area contributed by atoms with E-state index in [1.165, 1.54) is 12.1 Å². The molecule has 6 heteroatoms. The van der Waals surface area contributed by atoms with Gasteiger partial charge in [-0.1, -0.05) is 20.8 Å². The van der Waals surface area contributed by atoms with Crippen LogP contribution >= 0.6 is 0 Å². The molecule has 0 radical (unpaired) electrons. The molecule has 106 valence electrons. The first-order valence-corrected chi connectivity index (χ1v) is 5.81. The van der Waals surface area contributed by atoms with Gasteiger partial charge in [-0.25, -0.2) is 0 Å². The predicted molar refractivity (Wildman–Crippen MR) is 65.8 cm³/mol. The molecule has 3 nitrogen and oxygen atoms in total. The topological polar surface area (TPSA) is 38.3 Å². The summed E-state index contributed by atoms with van der Waals surface area (Å²) in [6.07, 6.45) is -4.05. The zero-order valence-corrected chi connectivity index (χ0v) is 11.0. The highest BCUT2D eigenvalue weighted by molar-refractivity contribution is 5.94. The SMILES string of the molecule is CCC(C)(C)C(=O)Nc1ccc(OC(F)(F)F)cc1. The first-order chi connectivity index (χ1) is 8.64. The molecular formula is C13H16F3NO2. The smallest absolute Gasteiger partial charge is 0.406 e. The lowest BCUT2D eigenvalue weighted by Gasteiger charge is -2.21. The van der Waals surface area contributed by atoms with Gasteiger partial charge in [0.05, 0.1) is 0 Å². The van der Waals surface area contributed by atoms with Gasteiger partial charge in [0.25, 0.3) is 0 Å². The van der Waals surface area contributed by atoms with Gasteiger partial charge in [0, 0.05) is 11.1 Å². The van der Waals surface area contributed by atoms with Gasteiger partial charge in [-0.15, -0.1) is 13.2 Å². The van der Waals surface area contributed by atoms with Crippen molar-refractivity contribution in [1.82, 2.24) is 0 Å². The average molecular weight is 275 g/mol. The Labute approximate surface area is 109 Å². The second-order valence-corrected chi connectivity index (χ2v) is 4.76. The summed E-state index contributed by atoms with van der Waals surface area (Å²) < 4.78 is 39.6. The summed E-state index contributed by atoms with van der Waals surface area (Å²) >= 11 is 0. The molecule has 0 atom stereocenters. The number of carbonyl (C=O) groups is 1. The number of halogens is 3. The van der Waals surface area contributed by atoms with Crippen LogP contribution in [0.15, 0.2) is 24.3 Å². The Morgan fingerprint density at radius 3 is 2.16 bits per heavy atom. The van der Waals surface area contributed by atoms with E-state index in [4.69, 9.17) is 0 Å². The van der Waals surface area contributed by atoms with Crippen LogP contribution in [0.25, 0.3) is 0 Å². The number of hydrogen-bond acceptors (Lipinski definition) is 2. The highest BCUT2D eigenvalue weighted by atomic mass is 19.4. The number of amides is 1. The normalized spacial score (nSPS) is 12.1. The number of nitrogens with one attached hydrogen (secondary N) is 1. The molecule has 1 amide bonds. The summed E-state index contributed by atoms with van der Waals surface area (Å²) in [7, 11) is 0. The quantitative estimate of drug-likeness (QED) is 0.903. The Morgan fingerprint density at radius 2 is 1.74 bits per heavy atom. The van der Waals surface area contributed by atoms with Crippen molar-refractivity contribution in [3.8, 4) is 5.75 Å². The van der Waals surface area contributed by atoms with E-state index >= 15 is 0 Å². The molecule has 1 rings (SSSR count). The molecule has 0 heterocycles. The van der Waals surface area contributed by atoms with Crippen LogP contribution in [0, 0.1) is 5.41 Å². The van der Waals surface area contributed by atoms with E-state index in [1.807, 2.05) is 6.92 Å². The maximum Gasteiger partial charge on any atom is 0.573 e. The third-order valence-corrected chi connectivity index (χ3v) is 2.84. The zero-order chi connectivity index (χ0) is 14.7. The van der Waals surface area contributed by atoms with Crippen molar-refractivity contribution in [2.24, 2.45) is 5.41 Å². The fraction of sp³-hybridized carbons (Fsp3) is 0.462. The van der Waals surface area contributed by atoms with Crippen LogP contribution in [0.5, 0.6) is 5.75 Å². The third-order valence-electron chi connectivity index (χ3n) is 2.84. The van der Waals surface area contributed by atoms with Crippen LogP contribution < -0.4 is 10.1 Å². The maximum absolute atomic E-state index is 12.0. The van der Waals surface area contributed by atoms with Crippen molar-refractivity contribution in [3.05, 3.63) is 24.3 Å². The second kappa shape index (κ2) is 5.50. The van der Waals surface area contributed by atoms with E-state index in [2.05, 4.69) is 10.1 Å². The second-order valence-electron chi connectivity index (χ2n) is 4.76. The van der Waals surface area contributed by atoms with Crippen molar-refractivity contribution in [2.45, 2.75) is 33.6 Å². The fourth-order valence-corrected chi connectivity index (χ4v) is 1.20. The third kappa shape index (κ3) is 4.81. The van der Waals surface area contributed by atoms with Gasteiger partial charge in [-0.3, -0.25) is 4.79 Å². The molecule has 0 spiro atoms. The van der Waals surface area contributed by atoms with E-state index in [0.717, 1.165) is 12.1 Å². The molecule has 0 aliphatic carbocycles. The summed E-state index contributed by atoms with van der Waals surface area (Å²) in [5.74, 6) is -0.500. The minimum atomic E-state index is -4.71. The highest BCUT2D eigenvalue weighted by Gasteiger charge is 2.31. The molecule has 0 saturated carbocycles. The molecule has 0 aromatic heterocycles. The molecule has 0 unspecified atom stereocenters. The van der Waals surface area contributed by atoms with Crippen LogP contribution in [0.3, 0.4) is 0 Å². The van der Waals surface area contributed by atoms with Gasteiger partial charge >= 0.3 is 6.36 Å². The van der Waals surface area contributed by atoms with Gasteiger partial charge < -0.3 is 10.1 Å². The summed E-state index contributed by atoms with van der Waals surface area (Å²) in [6, 6.07) is 5.04. The standard InChI is InChI=1S/C13H16F3NO2/c1-4-12(2,3)11(18)17-9-5-7-10(8-6-9)19-13(14,15)16/h5-8H,4H2,1-3H3,(H,17,18). The first-order valence-electron chi connectivity index (χ1n) is 5.81. The lowest BCUT2D eigenvalue weighted by Crippen LogP contribution is -2.29. The molecule has 1 aromatic rings. The van der Waals surface area contributed by atoms with Crippen molar-refractivity contribution < 1.29 is 22.7 Å². The molecule has 19 heavy (non-hydrogen) atoms. The number of hydrogen-bond donors (Lipinski definition) is 1. The number of anilines is 1. The molecule has 1 N–H and O–H groups in total. The van der Waals surface area contributed by atoms with Crippen molar-refractivity contribution in [1.29, 1.82) is 0 Å². The Kier molecular flexibility index (Phi) is 4.44. The zero-order valence-electron chi connectivity index (χ0n) is 11.0. The van der Waals surface area contributed by atoms with Crippen LogP contribution in [-0.2, 0) is 4.79 Å². The van der Waals surface area contributed by atoms with Crippen molar-refractivity contribution in [3.63, 3.8) is 0 Å². The average Bonchev–Trinajstić information content (AvgIpc) is 2.29. The summed E-state index contributed by atoms with van der Waals surface area (Å²) in [5.41, 5.74) is -0.0951. The molecule has 0 aliphatic heterocycles. The van der Waals surface area contributed by atoms with E-state index in [-0.39, 0.29) is 11.7 Å². The maximum atomic E-state index is 12.0. The van der Waals surface area contributed by atoms with Crippen LogP contribution in [0.4, 0.5) is 18.9 Å². The lowest BCUT2D eigenvalue weighted by atomic mass is 9.89. The molecule has 0 bridgehead atoms. The predicted octanol–water partition coefficient (Wildman–Crippen LogP) is 3.96. The Balaban J connectivity index is 2.70. The van der Waals surface area contributed by atoms with Gasteiger partial charge in [0.1, 0.15) is 5.75 Å². The number of benzene rings is 1. The number of carbonyl (C=O) groups excluding carboxylic acids is 1. The van der Waals surface area contributed by atoms with Crippen LogP contribution in [0.1, 0.15) is 27.2 Å².